The van der Waals surface area contributed by atoms with Crippen molar-refractivity contribution in [3.8, 4) is 0 Å². The molecule has 0 unspecified atom stereocenters. The van der Waals surface area contributed by atoms with E-state index in [1.807, 2.05) is 12.4 Å². The molecule has 0 atom stereocenters. The van der Waals surface area contributed by atoms with Crippen LogP contribution in [0.4, 0.5) is 0 Å². The van der Waals surface area contributed by atoms with Crippen LogP contribution in [-0.4, -0.2) is 4.98 Å². The van der Waals surface area contributed by atoms with E-state index in [1.54, 1.807) is 0 Å². The maximum atomic E-state index is 4.01. The fourth-order valence-corrected chi connectivity index (χ4v) is 1.69. The first-order chi connectivity index (χ1) is 7.45. The molecule has 2 aromatic rings. The summed E-state index contributed by atoms with van der Waals surface area (Å²) in [6, 6.07) is 14.8. The topological polar surface area (TPSA) is 12.9 Å². The van der Waals surface area contributed by atoms with Crippen LogP contribution in [0, 0.1) is 0 Å². The van der Waals surface area contributed by atoms with Crippen LogP contribution in [0.25, 0.3) is 0 Å². The van der Waals surface area contributed by atoms with Gasteiger partial charge in [0.15, 0.2) is 0 Å². The number of hydrogen-bond acceptors (Lipinski definition) is 1. The smallest absolute Gasteiger partial charge is 0.0270 e. The molecule has 0 saturated heterocycles. The van der Waals surface area contributed by atoms with E-state index in [1.165, 1.54) is 17.5 Å². The average Bonchev–Trinajstić information content (AvgIpc) is 2.32. The van der Waals surface area contributed by atoms with Crippen molar-refractivity contribution >= 4 is 0 Å². The Labute approximate surface area is 108 Å². The Balaban J connectivity index is 0.00000128. The summed E-state index contributed by atoms with van der Waals surface area (Å²) in [6.07, 6.45) is 7.21. The van der Waals surface area contributed by atoms with Gasteiger partial charge in [0.2, 0.25) is 0 Å². The summed E-state index contributed by atoms with van der Waals surface area (Å²) in [6.45, 7) is 0. The minimum atomic E-state index is 0. The molecule has 1 nitrogen and oxygen atoms in total. The van der Waals surface area contributed by atoms with Crippen LogP contribution < -0.4 is 0 Å². The Morgan fingerprint density at radius 1 is 0.750 bits per heavy atom. The van der Waals surface area contributed by atoms with Crippen LogP contribution in [0.15, 0.2) is 54.9 Å². The molecule has 2 heteroatoms. The molecule has 0 bridgehead atoms. The van der Waals surface area contributed by atoms with Crippen molar-refractivity contribution in [2.45, 2.75) is 19.3 Å². The van der Waals surface area contributed by atoms with E-state index in [0.29, 0.717) is 0 Å². The second-order valence-electron chi connectivity index (χ2n) is 3.69. The third kappa shape index (κ3) is 4.18. The predicted molar refractivity (Wildman–Crippen MR) is 62.7 cm³/mol. The molecule has 16 heavy (non-hydrogen) atoms. The van der Waals surface area contributed by atoms with Gasteiger partial charge in [-0.05, 0) is 42.5 Å². The molecular formula is C14H15CrN. The van der Waals surface area contributed by atoms with E-state index in [4.69, 9.17) is 0 Å². The number of benzene rings is 1. The Hall–Kier alpha value is -1.10. The van der Waals surface area contributed by atoms with Gasteiger partial charge in [-0.2, -0.15) is 0 Å². The van der Waals surface area contributed by atoms with E-state index in [-0.39, 0.29) is 17.4 Å². The first-order valence-electron chi connectivity index (χ1n) is 5.38. The molecule has 0 spiro atoms. The SMILES string of the molecule is [Cr].c1ccc(CCCc2ccncc2)cc1. The summed E-state index contributed by atoms with van der Waals surface area (Å²) < 4.78 is 0. The van der Waals surface area contributed by atoms with Gasteiger partial charge in [-0.15, -0.1) is 0 Å². The molecule has 82 valence electrons. The van der Waals surface area contributed by atoms with Gasteiger partial charge in [-0.25, -0.2) is 0 Å². The van der Waals surface area contributed by atoms with Crippen molar-refractivity contribution in [3.05, 3.63) is 66.0 Å². The second-order valence-corrected chi connectivity index (χ2v) is 3.69. The maximum Gasteiger partial charge on any atom is 0.0270 e. The Morgan fingerprint density at radius 3 is 1.94 bits per heavy atom. The van der Waals surface area contributed by atoms with E-state index < -0.39 is 0 Å². The number of pyridine rings is 1. The van der Waals surface area contributed by atoms with E-state index in [0.717, 1.165) is 12.8 Å². The van der Waals surface area contributed by atoms with Crippen LogP contribution >= 0.6 is 0 Å². The van der Waals surface area contributed by atoms with Gasteiger partial charge in [-0.1, -0.05) is 30.3 Å². The molecule has 1 aromatic carbocycles. The number of aromatic nitrogens is 1. The first-order valence-corrected chi connectivity index (χ1v) is 5.38. The molecule has 0 radical (unpaired) electrons. The summed E-state index contributed by atoms with van der Waals surface area (Å²) in [5.74, 6) is 0. The zero-order chi connectivity index (χ0) is 10.3. The molecule has 0 amide bonds. The van der Waals surface area contributed by atoms with Crippen molar-refractivity contribution in [1.82, 2.24) is 4.98 Å². The van der Waals surface area contributed by atoms with Crippen molar-refractivity contribution < 1.29 is 17.4 Å². The molecule has 1 heterocycles. The largest absolute Gasteiger partial charge is 0.265 e. The number of hydrogen-bond donors (Lipinski definition) is 0. The van der Waals surface area contributed by atoms with E-state index >= 15 is 0 Å². The normalized spacial score (nSPS) is 9.50. The molecule has 1 aromatic heterocycles. The first kappa shape index (κ1) is 13.0. The van der Waals surface area contributed by atoms with Crippen LogP contribution in [0.2, 0.25) is 0 Å². The van der Waals surface area contributed by atoms with Crippen molar-refractivity contribution in [3.63, 3.8) is 0 Å². The third-order valence-electron chi connectivity index (χ3n) is 2.52. The summed E-state index contributed by atoms with van der Waals surface area (Å²) in [4.78, 5) is 4.01. The number of nitrogens with zero attached hydrogens (tertiary/aromatic N) is 1. The van der Waals surface area contributed by atoms with Crippen molar-refractivity contribution in [2.75, 3.05) is 0 Å². The van der Waals surface area contributed by atoms with Gasteiger partial charge < -0.3 is 0 Å². The Bertz CT molecular complexity index is 346. The van der Waals surface area contributed by atoms with Crippen LogP contribution in [0.1, 0.15) is 17.5 Å². The summed E-state index contributed by atoms with van der Waals surface area (Å²) in [5, 5.41) is 0. The van der Waals surface area contributed by atoms with E-state index in [9.17, 15) is 0 Å². The quantitative estimate of drug-likeness (QED) is 0.810. The fraction of sp³-hybridized carbons (Fsp3) is 0.214. The van der Waals surface area contributed by atoms with Gasteiger partial charge in [-0.3, -0.25) is 4.98 Å². The molecule has 0 aliphatic rings. The third-order valence-corrected chi connectivity index (χ3v) is 2.52. The Kier molecular flexibility index (Phi) is 5.85. The van der Waals surface area contributed by atoms with Crippen LogP contribution in [0.3, 0.4) is 0 Å². The molecule has 0 aliphatic heterocycles. The van der Waals surface area contributed by atoms with Gasteiger partial charge in [0.1, 0.15) is 0 Å². The van der Waals surface area contributed by atoms with Crippen molar-refractivity contribution in [2.24, 2.45) is 0 Å². The van der Waals surface area contributed by atoms with Gasteiger partial charge in [0.05, 0.1) is 0 Å². The molecule has 0 aliphatic carbocycles. The summed E-state index contributed by atoms with van der Waals surface area (Å²) in [7, 11) is 0. The number of rotatable bonds is 4. The summed E-state index contributed by atoms with van der Waals surface area (Å²) >= 11 is 0. The molecule has 2 rings (SSSR count). The zero-order valence-electron chi connectivity index (χ0n) is 9.17. The minimum Gasteiger partial charge on any atom is -0.265 e. The molecular weight excluding hydrogens is 234 g/mol. The van der Waals surface area contributed by atoms with Gasteiger partial charge in [0, 0.05) is 29.8 Å². The van der Waals surface area contributed by atoms with Gasteiger partial charge in [0.25, 0.3) is 0 Å². The Morgan fingerprint density at radius 2 is 1.31 bits per heavy atom. The predicted octanol–water partition coefficient (Wildman–Crippen LogP) is 3.25. The zero-order valence-corrected chi connectivity index (χ0v) is 10.4. The van der Waals surface area contributed by atoms with E-state index in [2.05, 4.69) is 47.4 Å². The molecule has 0 fully saturated rings. The standard InChI is InChI=1S/C14H15N.Cr/c1-2-5-13(6-3-1)7-4-8-14-9-11-15-12-10-14;/h1-3,5-6,9-12H,4,7-8H2;. The summed E-state index contributed by atoms with van der Waals surface area (Å²) in [5.41, 5.74) is 2.80. The van der Waals surface area contributed by atoms with Crippen molar-refractivity contribution in [1.29, 1.82) is 0 Å². The molecule has 0 saturated carbocycles. The second kappa shape index (κ2) is 7.22. The minimum absolute atomic E-state index is 0. The van der Waals surface area contributed by atoms with Crippen LogP contribution in [-0.2, 0) is 30.2 Å². The molecule has 0 N–H and O–H groups in total. The van der Waals surface area contributed by atoms with Crippen LogP contribution in [0.5, 0.6) is 0 Å². The number of aryl methyl sites for hydroxylation is 2. The average molecular weight is 249 g/mol. The van der Waals surface area contributed by atoms with Gasteiger partial charge >= 0.3 is 0 Å². The fourth-order valence-electron chi connectivity index (χ4n) is 1.69. The monoisotopic (exact) mass is 249 g/mol. The maximum absolute atomic E-state index is 4.01.